The van der Waals surface area contributed by atoms with E-state index in [4.69, 9.17) is 9.47 Å². The van der Waals surface area contributed by atoms with Crippen LogP contribution >= 0.6 is 22.6 Å². The van der Waals surface area contributed by atoms with Gasteiger partial charge in [-0.1, -0.05) is 48.8 Å². The van der Waals surface area contributed by atoms with Crippen molar-refractivity contribution in [2.45, 2.75) is 64.3 Å². The van der Waals surface area contributed by atoms with E-state index >= 15 is 0 Å². The maximum absolute atomic E-state index is 5.96. The molecule has 2 atom stereocenters. The van der Waals surface area contributed by atoms with Crippen LogP contribution in [0.5, 0.6) is 0 Å². The van der Waals surface area contributed by atoms with Crippen molar-refractivity contribution in [1.82, 2.24) is 0 Å². The number of hydrogen-bond acceptors (Lipinski definition) is 2. The van der Waals surface area contributed by atoms with Crippen LogP contribution < -0.4 is 0 Å². The molecule has 0 saturated carbocycles. The highest BCUT2D eigenvalue weighted by Gasteiger charge is 2.17. The highest BCUT2D eigenvalue weighted by molar-refractivity contribution is 14.1. The van der Waals surface area contributed by atoms with Gasteiger partial charge in [-0.15, -0.1) is 0 Å². The van der Waals surface area contributed by atoms with Gasteiger partial charge in [-0.05, 0) is 35.8 Å². The van der Waals surface area contributed by atoms with Crippen molar-refractivity contribution in [3.05, 3.63) is 10.2 Å². The summed E-state index contributed by atoms with van der Waals surface area (Å²) in [5.41, 5.74) is 0. The second-order valence-corrected chi connectivity index (χ2v) is 5.00. The first-order valence-corrected chi connectivity index (χ1v) is 7.65. The minimum Gasteiger partial charge on any atom is -0.353 e. The molecule has 1 aliphatic heterocycles. The smallest absolute Gasteiger partial charge is 0.158 e. The van der Waals surface area contributed by atoms with Crippen molar-refractivity contribution in [2.75, 3.05) is 6.61 Å². The van der Waals surface area contributed by atoms with Gasteiger partial charge in [-0.3, -0.25) is 0 Å². The number of unbranched alkanes of at least 4 members (excludes halogenated alkanes) is 2. The lowest BCUT2D eigenvalue weighted by molar-refractivity contribution is -0.179. The molecular weight excluding hydrogens is 315 g/mol. The maximum Gasteiger partial charge on any atom is 0.158 e. The molecule has 1 fully saturated rings. The van der Waals surface area contributed by atoms with Crippen molar-refractivity contribution in [3.8, 4) is 0 Å². The van der Waals surface area contributed by atoms with Crippen LogP contribution in [0.2, 0.25) is 0 Å². The lowest BCUT2D eigenvalue weighted by atomic mass is 10.1. The summed E-state index contributed by atoms with van der Waals surface area (Å²) in [6.45, 7) is 3.09. The topological polar surface area (TPSA) is 18.5 Å². The summed E-state index contributed by atoms with van der Waals surface area (Å²) in [4.78, 5) is 0. The Hall–Kier alpha value is 0.390. The van der Waals surface area contributed by atoms with E-state index in [-0.39, 0.29) is 12.4 Å². The second-order valence-electron chi connectivity index (χ2n) is 4.28. The number of hydrogen-bond donors (Lipinski definition) is 0. The molecule has 0 N–H and O–H groups in total. The van der Waals surface area contributed by atoms with Gasteiger partial charge in [0.15, 0.2) is 6.29 Å². The van der Waals surface area contributed by atoms with E-state index in [1.54, 1.807) is 0 Å². The Morgan fingerprint density at radius 2 is 2.31 bits per heavy atom. The Morgan fingerprint density at radius 3 is 2.94 bits per heavy atom. The quantitative estimate of drug-likeness (QED) is 0.505. The summed E-state index contributed by atoms with van der Waals surface area (Å²) >= 11 is 2.26. The fourth-order valence-electron chi connectivity index (χ4n) is 1.90. The van der Waals surface area contributed by atoms with Gasteiger partial charge in [0, 0.05) is 6.61 Å². The van der Waals surface area contributed by atoms with Crippen molar-refractivity contribution in [2.24, 2.45) is 0 Å². The van der Waals surface area contributed by atoms with Gasteiger partial charge in [-0.2, -0.15) is 0 Å². The van der Waals surface area contributed by atoms with Crippen molar-refractivity contribution < 1.29 is 9.47 Å². The highest BCUT2D eigenvalue weighted by Crippen LogP contribution is 2.18. The predicted octanol–water partition coefficient (Wildman–Crippen LogP) is 4.43. The first-order chi connectivity index (χ1) is 7.86. The Labute approximate surface area is 113 Å². The molecule has 0 aromatic heterocycles. The summed E-state index contributed by atoms with van der Waals surface area (Å²) in [5, 5.41) is 0. The monoisotopic (exact) mass is 338 g/mol. The summed E-state index contributed by atoms with van der Waals surface area (Å²) < 4.78 is 13.6. The van der Waals surface area contributed by atoms with Crippen LogP contribution in [-0.2, 0) is 9.47 Å². The zero-order valence-electron chi connectivity index (χ0n) is 10.2. The number of ether oxygens (including phenoxy) is 2. The third kappa shape index (κ3) is 6.21. The van der Waals surface area contributed by atoms with Gasteiger partial charge < -0.3 is 9.47 Å². The largest absolute Gasteiger partial charge is 0.353 e. The number of halogens is 1. The molecular formula is C13H23IO2. The normalized spacial score (nSPS) is 23.8. The van der Waals surface area contributed by atoms with E-state index in [0.717, 1.165) is 19.4 Å². The van der Waals surface area contributed by atoms with Crippen LogP contribution in [0.3, 0.4) is 0 Å². The van der Waals surface area contributed by atoms with E-state index in [1.165, 1.54) is 32.1 Å². The SMILES string of the molecule is CCCCC[C@@H](/C=C/I)OC1CCCCO1. The molecule has 1 rings (SSSR count). The lowest BCUT2D eigenvalue weighted by Crippen LogP contribution is -2.27. The van der Waals surface area contributed by atoms with Crippen LogP contribution in [0.4, 0.5) is 0 Å². The van der Waals surface area contributed by atoms with Gasteiger partial charge in [0.2, 0.25) is 0 Å². The Bertz CT molecular complexity index is 188. The second kappa shape index (κ2) is 9.42. The third-order valence-corrected chi connectivity index (χ3v) is 3.26. The van der Waals surface area contributed by atoms with Crippen LogP contribution in [0.25, 0.3) is 0 Å². The van der Waals surface area contributed by atoms with Crippen molar-refractivity contribution in [1.29, 1.82) is 0 Å². The first kappa shape index (κ1) is 14.5. The van der Waals surface area contributed by atoms with Crippen LogP contribution in [0.15, 0.2) is 10.2 Å². The van der Waals surface area contributed by atoms with Crippen LogP contribution in [0, 0.1) is 0 Å². The van der Waals surface area contributed by atoms with Gasteiger partial charge >= 0.3 is 0 Å². The summed E-state index contributed by atoms with van der Waals surface area (Å²) in [7, 11) is 0. The molecule has 1 heterocycles. The molecule has 2 nitrogen and oxygen atoms in total. The van der Waals surface area contributed by atoms with Gasteiger partial charge in [0.05, 0.1) is 6.10 Å². The molecule has 3 heteroatoms. The van der Waals surface area contributed by atoms with Gasteiger partial charge in [-0.25, -0.2) is 0 Å². The minimum absolute atomic E-state index is 0.0352. The molecule has 0 bridgehead atoms. The number of rotatable bonds is 7. The van der Waals surface area contributed by atoms with Gasteiger partial charge in [0.1, 0.15) is 0 Å². The highest BCUT2D eigenvalue weighted by atomic mass is 127. The third-order valence-electron chi connectivity index (χ3n) is 2.84. The standard InChI is InChI=1S/C13H23IO2/c1-2-3-4-7-12(9-10-14)16-13-8-5-6-11-15-13/h9-10,12-13H,2-8,11H2,1H3/b10-9+/t12-,13?/m0/s1. The summed E-state index contributed by atoms with van der Waals surface area (Å²) in [6, 6.07) is 0. The fourth-order valence-corrected chi connectivity index (χ4v) is 2.36. The van der Waals surface area contributed by atoms with E-state index in [0.29, 0.717) is 0 Å². The molecule has 0 radical (unpaired) electrons. The zero-order valence-corrected chi connectivity index (χ0v) is 12.3. The Balaban J connectivity index is 2.25. The van der Waals surface area contributed by atoms with E-state index in [2.05, 4.69) is 39.7 Å². The predicted molar refractivity (Wildman–Crippen MR) is 75.8 cm³/mol. The minimum atomic E-state index is 0.0352. The van der Waals surface area contributed by atoms with E-state index in [9.17, 15) is 0 Å². The van der Waals surface area contributed by atoms with E-state index in [1.807, 2.05) is 0 Å². The van der Waals surface area contributed by atoms with Gasteiger partial charge in [0.25, 0.3) is 0 Å². The average Bonchev–Trinajstić information content (AvgIpc) is 2.31. The molecule has 16 heavy (non-hydrogen) atoms. The van der Waals surface area contributed by atoms with Crippen molar-refractivity contribution in [3.63, 3.8) is 0 Å². The average molecular weight is 338 g/mol. The van der Waals surface area contributed by atoms with Crippen LogP contribution in [-0.4, -0.2) is 19.0 Å². The molecule has 0 aromatic carbocycles. The summed E-state index contributed by atoms with van der Waals surface area (Å²) in [6.07, 6.45) is 10.8. The molecule has 1 aliphatic rings. The molecule has 0 spiro atoms. The zero-order chi connectivity index (χ0) is 11.6. The van der Waals surface area contributed by atoms with Crippen LogP contribution in [0.1, 0.15) is 51.9 Å². The maximum atomic E-state index is 5.96. The molecule has 94 valence electrons. The summed E-state index contributed by atoms with van der Waals surface area (Å²) in [5.74, 6) is 0. The van der Waals surface area contributed by atoms with E-state index < -0.39 is 0 Å². The fraction of sp³-hybridized carbons (Fsp3) is 0.846. The molecule has 0 aromatic rings. The lowest BCUT2D eigenvalue weighted by Gasteiger charge is -2.26. The molecule has 1 unspecified atom stereocenters. The molecule has 0 aliphatic carbocycles. The Morgan fingerprint density at radius 1 is 1.44 bits per heavy atom. The molecule has 1 saturated heterocycles. The van der Waals surface area contributed by atoms with Crippen molar-refractivity contribution >= 4 is 22.6 Å². The first-order valence-electron chi connectivity index (χ1n) is 6.40. The Kier molecular flexibility index (Phi) is 8.51. The molecule has 0 amide bonds.